The van der Waals surface area contributed by atoms with Crippen molar-refractivity contribution >= 4 is 40.8 Å². The van der Waals surface area contributed by atoms with Crippen LogP contribution in [0.2, 0.25) is 10.0 Å². The molecule has 2 nitrogen and oxygen atoms in total. The molecule has 1 N–H and O–H groups in total. The molecular formula is C8H5Cl3O2. The van der Waals surface area contributed by atoms with Crippen LogP contribution in [0.15, 0.2) is 12.1 Å². The van der Waals surface area contributed by atoms with E-state index in [4.69, 9.17) is 39.9 Å². The maximum absolute atomic E-state index is 10.6. The smallest absolute Gasteiger partial charge is 0.335 e. The van der Waals surface area contributed by atoms with E-state index in [9.17, 15) is 4.79 Å². The van der Waals surface area contributed by atoms with Crippen LogP contribution in [0.25, 0.3) is 0 Å². The predicted molar refractivity (Wildman–Crippen MR) is 53.0 cm³/mol. The Morgan fingerprint density at radius 1 is 1.31 bits per heavy atom. The Balaban J connectivity index is 3.28. The van der Waals surface area contributed by atoms with Gasteiger partial charge in [-0.25, -0.2) is 4.79 Å². The molecule has 0 heterocycles. The van der Waals surface area contributed by atoms with E-state index in [0.29, 0.717) is 5.56 Å². The second-order valence-corrected chi connectivity index (χ2v) is 3.44. The number of alkyl halides is 1. The Bertz CT molecular complexity index is 326. The third-order valence-electron chi connectivity index (χ3n) is 1.52. The SMILES string of the molecule is O=C(O)c1cc(Cl)c(CCl)c(Cl)c1. The fourth-order valence-corrected chi connectivity index (χ4v) is 1.90. The summed E-state index contributed by atoms with van der Waals surface area (Å²) in [6.45, 7) is 0. The van der Waals surface area contributed by atoms with Gasteiger partial charge in [0.1, 0.15) is 0 Å². The molecular weight excluding hydrogens is 234 g/mol. The van der Waals surface area contributed by atoms with Gasteiger partial charge in [0.05, 0.1) is 11.4 Å². The largest absolute Gasteiger partial charge is 0.478 e. The highest BCUT2D eigenvalue weighted by molar-refractivity contribution is 6.37. The third kappa shape index (κ3) is 2.27. The summed E-state index contributed by atoms with van der Waals surface area (Å²) in [6, 6.07) is 2.65. The van der Waals surface area contributed by atoms with Crippen molar-refractivity contribution in [2.75, 3.05) is 0 Å². The van der Waals surface area contributed by atoms with Crippen LogP contribution in [-0.2, 0) is 5.88 Å². The van der Waals surface area contributed by atoms with E-state index < -0.39 is 5.97 Å². The summed E-state index contributed by atoms with van der Waals surface area (Å²) >= 11 is 17.0. The predicted octanol–water partition coefficient (Wildman–Crippen LogP) is 3.43. The van der Waals surface area contributed by atoms with Crippen molar-refractivity contribution in [3.63, 3.8) is 0 Å². The molecule has 13 heavy (non-hydrogen) atoms. The van der Waals surface area contributed by atoms with Crippen molar-refractivity contribution in [2.45, 2.75) is 5.88 Å². The van der Waals surface area contributed by atoms with E-state index in [2.05, 4.69) is 0 Å². The summed E-state index contributed by atoms with van der Waals surface area (Å²) < 4.78 is 0. The zero-order chi connectivity index (χ0) is 10.0. The Kier molecular flexibility index (Phi) is 3.42. The summed E-state index contributed by atoms with van der Waals surface area (Å²) in [5.74, 6) is -0.901. The molecule has 0 unspecified atom stereocenters. The second-order valence-electron chi connectivity index (χ2n) is 2.36. The van der Waals surface area contributed by atoms with E-state index in [1.807, 2.05) is 0 Å². The van der Waals surface area contributed by atoms with Crippen LogP contribution in [0.4, 0.5) is 0 Å². The highest BCUT2D eigenvalue weighted by Crippen LogP contribution is 2.27. The standard InChI is InChI=1S/C8H5Cl3O2/c9-3-5-6(10)1-4(8(12)13)2-7(5)11/h1-2H,3H2,(H,12,13). The van der Waals surface area contributed by atoms with Crippen LogP contribution in [0, 0.1) is 0 Å². The molecule has 0 fully saturated rings. The molecule has 1 aromatic rings. The summed E-state index contributed by atoms with van der Waals surface area (Å²) in [5.41, 5.74) is 0.610. The highest BCUT2D eigenvalue weighted by Gasteiger charge is 2.10. The molecule has 5 heteroatoms. The Morgan fingerprint density at radius 3 is 2.08 bits per heavy atom. The summed E-state index contributed by atoms with van der Waals surface area (Å²) in [7, 11) is 0. The molecule has 1 rings (SSSR count). The van der Waals surface area contributed by atoms with E-state index in [-0.39, 0.29) is 21.5 Å². The molecule has 0 saturated carbocycles. The first kappa shape index (κ1) is 10.6. The van der Waals surface area contributed by atoms with Crippen molar-refractivity contribution in [2.24, 2.45) is 0 Å². The lowest BCUT2D eigenvalue weighted by Crippen LogP contribution is -1.97. The molecule has 0 atom stereocenters. The van der Waals surface area contributed by atoms with Crippen molar-refractivity contribution in [1.82, 2.24) is 0 Å². The minimum absolute atomic E-state index is 0.0591. The van der Waals surface area contributed by atoms with Gasteiger partial charge < -0.3 is 5.11 Å². The molecule has 0 bridgehead atoms. The van der Waals surface area contributed by atoms with E-state index in [1.54, 1.807) is 0 Å². The van der Waals surface area contributed by atoms with Gasteiger partial charge in [-0.2, -0.15) is 0 Å². The van der Waals surface area contributed by atoms with Gasteiger partial charge in [-0.3, -0.25) is 0 Å². The third-order valence-corrected chi connectivity index (χ3v) is 2.46. The molecule has 0 amide bonds. The number of hydrogen-bond donors (Lipinski definition) is 1. The topological polar surface area (TPSA) is 37.3 Å². The van der Waals surface area contributed by atoms with Gasteiger partial charge in [0.2, 0.25) is 0 Å². The molecule has 0 aromatic heterocycles. The van der Waals surface area contributed by atoms with Gasteiger partial charge in [0.25, 0.3) is 0 Å². The summed E-state index contributed by atoms with van der Waals surface area (Å²) in [5, 5.41) is 9.20. The summed E-state index contributed by atoms with van der Waals surface area (Å²) in [6.07, 6.45) is 0. The van der Waals surface area contributed by atoms with Crippen LogP contribution in [0.3, 0.4) is 0 Å². The highest BCUT2D eigenvalue weighted by atomic mass is 35.5. The molecule has 70 valence electrons. The van der Waals surface area contributed by atoms with Gasteiger partial charge in [-0.05, 0) is 12.1 Å². The lowest BCUT2D eigenvalue weighted by Gasteiger charge is -2.04. The molecule has 0 aliphatic heterocycles. The van der Waals surface area contributed by atoms with Gasteiger partial charge in [0.15, 0.2) is 0 Å². The number of benzene rings is 1. The van der Waals surface area contributed by atoms with Crippen molar-refractivity contribution in [1.29, 1.82) is 0 Å². The van der Waals surface area contributed by atoms with Crippen molar-refractivity contribution in [3.05, 3.63) is 33.3 Å². The average molecular weight is 239 g/mol. The number of rotatable bonds is 2. The molecule has 0 radical (unpaired) electrons. The van der Waals surface area contributed by atoms with Crippen molar-refractivity contribution < 1.29 is 9.90 Å². The van der Waals surface area contributed by atoms with Crippen LogP contribution in [0.1, 0.15) is 15.9 Å². The van der Waals surface area contributed by atoms with E-state index in [0.717, 1.165) is 0 Å². The van der Waals surface area contributed by atoms with Gasteiger partial charge in [-0.1, -0.05) is 23.2 Å². The van der Waals surface area contributed by atoms with Crippen LogP contribution >= 0.6 is 34.8 Å². The monoisotopic (exact) mass is 238 g/mol. The maximum Gasteiger partial charge on any atom is 0.335 e. The lowest BCUT2D eigenvalue weighted by molar-refractivity contribution is 0.0697. The molecule has 0 spiro atoms. The van der Waals surface area contributed by atoms with Gasteiger partial charge >= 0.3 is 5.97 Å². The van der Waals surface area contributed by atoms with E-state index >= 15 is 0 Å². The number of aromatic carboxylic acids is 1. The minimum Gasteiger partial charge on any atom is -0.478 e. The zero-order valence-corrected chi connectivity index (χ0v) is 8.62. The normalized spacial score (nSPS) is 10.1. The van der Waals surface area contributed by atoms with Crippen LogP contribution in [-0.4, -0.2) is 11.1 Å². The van der Waals surface area contributed by atoms with Crippen LogP contribution < -0.4 is 0 Å². The first-order valence-electron chi connectivity index (χ1n) is 3.33. The molecule has 0 aliphatic rings. The number of carboxylic acid groups (broad SMARTS) is 1. The number of carboxylic acids is 1. The molecule has 1 aromatic carbocycles. The first-order chi connectivity index (χ1) is 6.06. The molecule has 0 saturated heterocycles. The van der Waals surface area contributed by atoms with Crippen molar-refractivity contribution in [3.8, 4) is 0 Å². The fourth-order valence-electron chi connectivity index (χ4n) is 0.854. The average Bonchev–Trinajstić information content (AvgIpc) is 2.03. The number of carbonyl (C=O) groups is 1. The summed E-state index contributed by atoms with van der Waals surface area (Å²) in [4.78, 5) is 10.6. The van der Waals surface area contributed by atoms with Gasteiger partial charge in [-0.15, -0.1) is 11.6 Å². The Morgan fingerprint density at radius 2 is 1.77 bits per heavy atom. The second kappa shape index (κ2) is 4.18. The lowest BCUT2D eigenvalue weighted by atomic mass is 10.1. The maximum atomic E-state index is 10.6. The van der Waals surface area contributed by atoms with Crippen LogP contribution in [0.5, 0.6) is 0 Å². The fraction of sp³-hybridized carbons (Fsp3) is 0.125. The quantitative estimate of drug-likeness (QED) is 0.803. The number of hydrogen-bond acceptors (Lipinski definition) is 1. The van der Waals surface area contributed by atoms with E-state index in [1.165, 1.54) is 12.1 Å². The van der Waals surface area contributed by atoms with Gasteiger partial charge in [0, 0.05) is 15.6 Å². The minimum atomic E-state index is -1.06. The molecule has 0 aliphatic carbocycles. The first-order valence-corrected chi connectivity index (χ1v) is 4.62. The Labute approximate surface area is 90.0 Å². The zero-order valence-electron chi connectivity index (χ0n) is 6.35. The Hall–Kier alpha value is -0.440. The number of halogens is 3.